The highest BCUT2D eigenvalue weighted by molar-refractivity contribution is 6.23. The molecular formula is C70H45N3. The molecule has 2 heterocycles. The lowest BCUT2D eigenvalue weighted by Gasteiger charge is -2.21. The Morgan fingerprint density at radius 1 is 0.301 bits per heavy atom. The zero-order valence-corrected chi connectivity index (χ0v) is 39.9. The van der Waals surface area contributed by atoms with Gasteiger partial charge in [-0.05, 0) is 130 Å². The Kier molecular flexibility index (Phi) is 9.40. The van der Waals surface area contributed by atoms with Gasteiger partial charge in [0.1, 0.15) is 0 Å². The zero-order chi connectivity index (χ0) is 48.0. The third kappa shape index (κ3) is 6.52. The molecule has 73 heavy (non-hydrogen) atoms. The monoisotopic (exact) mass is 927 g/mol. The molecule has 14 aromatic rings. The van der Waals surface area contributed by atoms with E-state index in [-0.39, 0.29) is 0 Å². The number of benzene rings is 12. The summed E-state index contributed by atoms with van der Waals surface area (Å²) in [6, 6.07) is 88.9. The first-order chi connectivity index (χ1) is 36.2. The van der Waals surface area contributed by atoms with Crippen molar-refractivity contribution < 1.29 is 0 Å². The maximum absolute atomic E-state index is 5.35. The summed E-state index contributed by atoms with van der Waals surface area (Å²) in [5.74, 6) is 0. The van der Waals surface area contributed by atoms with Crippen LogP contribution in [0.1, 0.15) is 24.0 Å². The first kappa shape index (κ1) is 41.4. The normalized spacial score (nSPS) is 12.8. The van der Waals surface area contributed by atoms with Crippen LogP contribution in [0.25, 0.3) is 126 Å². The van der Waals surface area contributed by atoms with Gasteiger partial charge in [-0.2, -0.15) is 0 Å². The fraction of sp³-hybridized carbons (Fsp3) is 0.0286. The maximum Gasteiger partial charge on any atom is 0.0979 e. The maximum atomic E-state index is 5.35. The number of fused-ring (bicyclic) bond motifs is 12. The summed E-state index contributed by atoms with van der Waals surface area (Å²) in [5, 5.41) is 14.8. The van der Waals surface area contributed by atoms with Crippen molar-refractivity contribution >= 4 is 87.1 Å². The number of rotatable bonds is 6. The molecule has 0 saturated heterocycles. The third-order valence-corrected chi connectivity index (χ3v) is 15.6. The second-order valence-electron chi connectivity index (χ2n) is 19.5. The topological polar surface area (TPSA) is 30.7 Å². The standard InChI is InChI=1S/C70H45N3/c1-2-19-47(20-3-1)73-67-32-15-14-29-62(67)63-34-33-45(42-68(63)73)49-36-38-59(53-24-7-5-22-51(49)53)61-40-39-60(54-25-8-9-26-55(54)61)58-37-35-48(50-21-4-6-23-52(50)58)44-17-16-18-46(41-44)66-43-71-69-64-30-12-10-27-56(64)57-28-11-13-31-65(57)70(69)72-66/h1-34,36,38-43H,35,37H2. The van der Waals surface area contributed by atoms with Crippen molar-refractivity contribution in [1.29, 1.82) is 0 Å². The van der Waals surface area contributed by atoms with Crippen molar-refractivity contribution in [2.24, 2.45) is 0 Å². The van der Waals surface area contributed by atoms with Gasteiger partial charge in [0.15, 0.2) is 0 Å². The molecule has 340 valence electrons. The van der Waals surface area contributed by atoms with Gasteiger partial charge in [0.2, 0.25) is 0 Å². The predicted molar refractivity (Wildman–Crippen MR) is 307 cm³/mol. The van der Waals surface area contributed by atoms with Gasteiger partial charge in [-0.15, -0.1) is 0 Å². The lowest BCUT2D eigenvalue weighted by atomic mass is 9.83. The van der Waals surface area contributed by atoms with Gasteiger partial charge >= 0.3 is 0 Å². The van der Waals surface area contributed by atoms with E-state index >= 15 is 0 Å². The van der Waals surface area contributed by atoms with Crippen LogP contribution in [0, 0.1) is 0 Å². The number of nitrogens with zero attached hydrogens (tertiary/aromatic N) is 3. The average Bonchev–Trinajstić information content (AvgIpc) is 3.81. The summed E-state index contributed by atoms with van der Waals surface area (Å²) >= 11 is 0. The van der Waals surface area contributed by atoms with Crippen LogP contribution in [0.4, 0.5) is 0 Å². The first-order valence-corrected chi connectivity index (χ1v) is 25.4. The highest BCUT2D eigenvalue weighted by Crippen LogP contribution is 2.43. The van der Waals surface area contributed by atoms with Gasteiger partial charge < -0.3 is 4.57 Å². The van der Waals surface area contributed by atoms with Crippen LogP contribution in [0.3, 0.4) is 0 Å². The fourth-order valence-corrected chi connectivity index (χ4v) is 12.3. The lowest BCUT2D eigenvalue weighted by Crippen LogP contribution is -2.32. The number of aromatic nitrogens is 3. The summed E-state index contributed by atoms with van der Waals surface area (Å²) in [7, 11) is 0. The van der Waals surface area contributed by atoms with Crippen molar-refractivity contribution in [3.63, 3.8) is 0 Å². The first-order valence-electron chi connectivity index (χ1n) is 25.4. The molecule has 0 amide bonds. The van der Waals surface area contributed by atoms with E-state index in [0.29, 0.717) is 0 Å². The molecule has 0 fully saturated rings. The molecular weight excluding hydrogens is 883 g/mol. The Balaban J connectivity index is 0.840. The Hall–Kier alpha value is -9.44. The Labute approximate surface area is 421 Å². The van der Waals surface area contributed by atoms with E-state index in [1.165, 1.54) is 109 Å². The van der Waals surface area contributed by atoms with E-state index in [9.17, 15) is 0 Å². The van der Waals surface area contributed by atoms with Crippen LogP contribution in [0.2, 0.25) is 0 Å². The van der Waals surface area contributed by atoms with E-state index in [0.717, 1.165) is 51.6 Å². The van der Waals surface area contributed by atoms with Gasteiger partial charge in [0.05, 0.1) is 34.0 Å². The number of hydrogen-bond donors (Lipinski definition) is 0. The molecule has 1 aliphatic carbocycles. The van der Waals surface area contributed by atoms with Crippen LogP contribution in [-0.2, 0) is 0 Å². The number of para-hydroxylation sites is 2. The van der Waals surface area contributed by atoms with Crippen LogP contribution < -0.4 is 10.4 Å². The summed E-state index contributed by atoms with van der Waals surface area (Å²) in [5.41, 5.74) is 17.6. The zero-order valence-electron chi connectivity index (χ0n) is 39.9. The van der Waals surface area contributed by atoms with Crippen LogP contribution in [0.15, 0.2) is 249 Å². The van der Waals surface area contributed by atoms with Gasteiger partial charge in [0, 0.05) is 32.8 Å². The van der Waals surface area contributed by atoms with E-state index in [4.69, 9.17) is 9.97 Å². The van der Waals surface area contributed by atoms with Crippen LogP contribution >= 0.6 is 0 Å². The minimum absolute atomic E-state index is 0.880. The predicted octanol–water partition coefficient (Wildman–Crippen LogP) is 16.5. The molecule has 15 rings (SSSR count). The van der Waals surface area contributed by atoms with Gasteiger partial charge in [0.25, 0.3) is 0 Å². The smallest absolute Gasteiger partial charge is 0.0979 e. The van der Waals surface area contributed by atoms with Crippen molar-refractivity contribution in [2.45, 2.75) is 12.8 Å². The van der Waals surface area contributed by atoms with Crippen molar-refractivity contribution in [3.05, 3.63) is 270 Å². The van der Waals surface area contributed by atoms with Crippen LogP contribution in [-0.4, -0.2) is 14.5 Å². The molecule has 0 N–H and O–H groups in total. The molecule has 2 aromatic heterocycles. The minimum atomic E-state index is 0.880. The SMILES string of the molecule is c1ccc(-n2c3ccccc3c3ccc(-c4ccc(-c5ccc(C6=c7ccccc7=C(c7cccc(-c8cnc9c%10ccccc%10c%10ccccc%10c9n8)c7)CC6)c6ccccc56)c5ccccc45)cc32)cc1. The highest BCUT2D eigenvalue weighted by Gasteiger charge is 2.21. The minimum Gasteiger partial charge on any atom is -0.309 e. The molecule has 0 unspecified atom stereocenters. The van der Waals surface area contributed by atoms with Crippen LogP contribution in [0.5, 0.6) is 0 Å². The van der Waals surface area contributed by atoms with Crippen molar-refractivity contribution in [2.75, 3.05) is 0 Å². The van der Waals surface area contributed by atoms with E-state index in [1.54, 1.807) is 0 Å². The molecule has 0 spiro atoms. The average molecular weight is 928 g/mol. The summed E-state index contributed by atoms with van der Waals surface area (Å²) in [4.78, 5) is 10.4. The molecule has 12 aromatic carbocycles. The molecule has 1 aliphatic rings. The van der Waals surface area contributed by atoms with Crippen molar-refractivity contribution in [1.82, 2.24) is 14.5 Å². The van der Waals surface area contributed by atoms with E-state index in [2.05, 4.69) is 247 Å². The summed E-state index contributed by atoms with van der Waals surface area (Å²) in [6.07, 6.45) is 3.81. The van der Waals surface area contributed by atoms with Gasteiger partial charge in [-0.1, -0.05) is 212 Å². The van der Waals surface area contributed by atoms with E-state index < -0.39 is 0 Å². The second-order valence-corrected chi connectivity index (χ2v) is 19.5. The molecule has 3 nitrogen and oxygen atoms in total. The molecule has 0 saturated carbocycles. The third-order valence-electron chi connectivity index (χ3n) is 15.6. The Morgan fingerprint density at radius 3 is 1.52 bits per heavy atom. The second kappa shape index (κ2) is 16.6. The molecule has 0 radical (unpaired) electrons. The van der Waals surface area contributed by atoms with Gasteiger partial charge in [-0.3, -0.25) is 4.98 Å². The number of hydrogen-bond acceptors (Lipinski definition) is 2. The Morgan fingerprint density at radius 2 is 0.808 bits per heavy atom. The largest absolute Gasteiger partial charge is 0.309 e. The molecule has 0 aliphatic heterocycles. The summed E-state index contributed by atoms with van der Waals surface area (Å²) < 4.78 is 2.41. The van der Waals surface area contributed by atoms with Crippen molar-refractivity contribution in [3.8, 4) is 39.2 Å². The lowest BCUT2D eigenvalue weighted by molar-refractivity contribution is 1.04. The quantitative estimate of drug-likeness (QED) is 0.156. The Bertz CT molecular complexity index is 4700. The summed E-state index contributed by atoms with van der Waals surface area (Å²) in [6.45, 7) is 0. The fourth-order valence-electron chi connectivity index (χ4n) is 12.3. The molecule has 0 atom stereocenters. The van der Waals surface area contributed by atoms with E-state index in [1.807, 2.05) is 6.20 Å². The highest BCUT2D eigenvalue weighted by atomic mass is 15.0. The molecule has 0 bridgehead atoms. The molecule has 3 heteroatoms. The van der Waals surface area contributed by atoms with Gasteiger partial charge in [-0.25, -0.2) is 4.98 Å².